The number of hydrogen-bond acceptors (Lipinski definition) is 3. The molecule has 1 aliphatic rings. The van der Waals surface area contributed by atoms with E-state index in [2.05, 4.69) is 32.8 Å². The highest BCUT2D eigenvalue weighted by Gasteiger charge is 2.37. The second-order valence-corrected chi connectivity index (χ2v) is 5.04. The van der Waals surface area contributed by atoms with Gasteiger partial charge in [-0.25, -0.2) is 5.01 Å². The maximum absolute atomic E-state index is 12.2. The van der Waals surface area contributed by atoms with E-state index >= 15 is 0 Å². The van der Waals surface area contributed by atoms with E-state index in [0.29, 0.717) is 18.4 Å². The lowest BCUT2D eigenvalue weighted by Gasteiger charge is -2.35. The Morgan fingerprint density at radius 3 is 2.44 bits per heavy atom. The molecule has 0 aromatic heterocycles. The average molecular weight is 226 g/mol. The first kappa shape index (κ1) is 13.2. The fourth-order valence-electron chi connectivity index (χ4n) is 2.22. The van der Waals surface area contributed by atoms with E-state index in [0.717, 1.165) is 0 Å². The quantitative estimate of drug-likeness (QED) is 0.786. The van der Waals surface area contributed by atoms with Crippen LogP contribution in [-0.4, -0.2) is 35.4 Å². The van der Waals surface area contributed by atoms with Crippen molar-refractivity contribution >= 4 is 12.1 Å². The van der Waals surface area contributed by atoms with Crippen molar-refractivity contribution in [3.8, 4) is 0 Å². The van der Waals surface area contributed by atoms with E-state index in [9.17, 15) is 4.79 Å². The number of rotatable bonds is 4. The predicted octanol–water partition coefficient (Wildman–Crippen LogP) is 1.35. The van der Waals surface area contributed by atoms with Crippen LogP contribution < -0.4 is 0 Å². The van der Waals surface area contributed by atoms with Gasteiger partial charge in [0.15, 0.2) is 0 Å². The van der Waals surface area contributed by atoms with Crippen molar-refractivity contribution in [1.82, 2.24) is 5.01 Å². The first-order valence-corrected chi connectivity index (χ1v) is 5.95. The molecule has 0 saturated carbocycles. The minimum atomic E-state index is -0.0414. The Bertz CT molecular complexity index is 274. The summed E-state index contributed by atoms with van der Waals surface area (Å²) in [7, 11) is 0. The van der Waals surface area contributed by atoms with E-state index in [1.54, 1.807) is 0 Å². The number of carbonyl (C=O) groups is 1. The Kier molecular flexibility index (Phi) is 4.47. The lowest BCUT2D eigenvalue weighted by Crippen LogP contribution is -2.45. The third kappa shape index (κ3) is 2.61. The summed E-state index contributed by atoms with van der Waals surface area (Å²) < 4.78 is 0. The summed E-state index contributed by atoms with van der Waals surface area (Å²) in [6.07, 6.45) is 1.87. The molecule has 0 radical (unpaired) electrons. The zero-order chi connectivity index (χ0) is 12.3. The molecule has 2 atom stereocenters. The molecular formula is C12H22N2O2. The second-order valence-electron chi connectivity index (χ2n) is 5.04. The monoisotopic (exact) mass is 226 g/mol. The Morgan fingerprint density at radius 2 is 2.00 bits per heavy atom. The minimum Gasteiger partial charge on any atom is -0.394 e. The molecular weight excluding hydrogens is 204 g/mol. The zero-order valence-corrected chi connectivity index (χ0v) is 10.6. The topological polar surface area (TPSA) is 52.9 Å². The Morgan fingerprint density at radius 1 is 1.38 bits per heavy atom. The first-order chi connectivity index (χ1) is 7.49. The lowest BCUT2D eigenvalue weighted by molar-refractivity contribution is -0.140. The van der Waals surface area contributed by atoms with E-state index in [4.69, 9.17) is 5.11 Å². The number of amides is 1. The number of nitrogens with zero attached hydrogens (tertiary/aromatic N) is 2. The van der Waals surface area contributed by atoms with Crippen LogP contribution in [0.2, 0.25) is 0 Å². The van der Waals surface area contributed by atoms with Gasteiger partial charge in [-0.2, -0.15) is 5.10 Å². The summed E-state index contributed by atoms with van der Waals surface area (Å²) in [5, 5.41) is 14.4. The molecule has 92 valence electrons. The van der Waals surface area contributed by atoms with Gasteiger partial charge in [0.1, 0.15) is 0 Å². The van der Waals surface area contributed by atoms with Crippen LogP contribution >= 0.6 is 0 Å². The summed E-state index contributed by atoms with van der Waals surface area (Å²) >= 11 is 0. The van der Waals surface area contributed by atoms with Crippen molar-refractivity contribution < 1.29 is 9.90 Å². The Labute approximate surface area is 97.3 Å². The van der Waals surface area contributed by atoms with Crippen molar-refractivity contribution in [3.63, 3.8) is 0 Å². The van der Waals surface area contributed by atoms with Gasteiger partial charge < -0.3 is 5.11 Å². The van der Waals surface area contributed by atoms with Crippen LogP contribution in [-0.2, 0) is 4.79 Å². The Hall–Kier alpha value is -0.900. The van der Waals surface area contributed by atoms with Crippen LogP contribution in [0, 0.1) is 23.7 Å². The largest absolute Gasteiger partial charge is 0.394 e. The lowest BCUT2D eigenvalue weighted by atomic mass is 9.76. The average Bonchev–Trinajstić information content (AvgIpc) is 2.20. The molecule has 1 amide bonds. The van der Waals surface area contributed by atoms with Gasteiger partial charge in [0.2, 0.25) is 5.91 Å². The maximum Gasteiger partial charge on any atom is 0.246 e. The molecule has 1 rings (SSSR count). The molecule has 2 unspecified atom stereocenters. The van der Waals surface area contributed by atoms with Crippen LogP contribution in [0.5, 0.6) is 0 Å². The number of hydrogen-bond donors (Lipinski definition) is 1. The third-order valence-electron chi connectivity index (χ3n) is 3.13. The predicted molar refractivity (Wildman–Crippen MR) is 63.9 cm³/mol. The van der Waals surface area contributed by atoms with E-state index < -0.39 is 0 Å². The normalized spacial score (nSPS) is 25.9. The van der Waals surface area contributed by atoms with Crippen LogP contribution in [0.15, 0.2) is 5.10 Å². The molecule has 0 saturated heterocycles. The van der Waals surface area contributed by atoms with Crippen molar-refractivity contribution in [2.24, 2.45) is 28.8 Å². The van der Waals surface area contributed by atoms with E-state index in [1.807, 2.05) is 6.21 Å². The van der Waals surface area contributed by atoms with Crippen LogP contribution in [0.3, 0.4) is 0 Å². The molecule has 1 heterocycles. The smallest absolute Gasteiger partial charge is 0.246 e. The molecule has 4 heteroatoms. The van der Waals surface area contributed by atoms with Crippen molar-refractivity contribution in [1.29, 1.82) is 0 Å². The molecule has 16 heavy (non-hydrogen) atoms. The summed E-state index contributed by atoms with van der Waals surface area (Å²) in [6.45, 7) is 8.61. The van der Waals surface area contributed by atoms with Crippen molar-refractivity contribution in [2.75, 3.05) is 13.2 Å². The van der Waals surface area contributed by atoms with Gasteiger partial charge in [-0.1, -0.05) is 27.7 Å². The Balaban J connectivity index is 2.91. The highest BCUT2D eigenvalue weighted by atomic mass is 16.3. The number of carbonyl (C=O) groups excluding carboxylic acids is 1. The van der Waals surface area contributed by atoms with Gasteiger partial charge in [-0.15, -0.1) is 0 Å². The fourth-order valence-corrected chi connectivity index (χ4v) is 2.22. The second kappa shape index (κ2) is 5.43. The van der Waals surface area contributed by atoms with E-state index in [1.165, 1.54) is 5.01 Å². The number of β-amino-alcohol motifs (C(OH)–C–C–N with tert-alkyl or cyclic N) is 1. The molecule has 0 aliphatic carbocycles. The highest BCUT2D eigenvalue weighted by molar-refractivity contribution is 5.86. The van der Waals surface area contributed by atoms with Gasteiger partial charge in [0.25, 0.3) is 0 Å². The summed E-state index contributed by atoms with van der Waals surface area (Å²) in [4.78, 5) is 12.2. The van der Waals surface area contributed by atoms with Gasteiger partial charge in [-0.3, -0.25) is 4.79 Å². The summed E-state index contributed by atoms with van der Waals surface area (Å²) in [6, 6.07) is 0. The maximum atomic E-state index is 12.2. The fraction of sp³-hybridized carbons (Fsp3) is 0.833. The molecule has 1 aliphatic heterocycles. The zero-order valence-electron chi connectivity index (χ0n) is 10.6. The summed E-state index contributed by atoms with van der Waals surface area (Å²) in [5.41, 5.74) is 0. The van der Waals surface area contributed by atoms with Crippen LogP contribution in [0.1, 0.15) is 27.7 Å². The van der Waals surface area contributed by atoms with Crippen LogP contribution in [0.25, 0.3) is 0 Å². The SMILES string of the molecule is CC(C)C1C=NN(CCO)C(=O)C1C(C)C. The molecule has 0 aromatic rings. The molecule has 0 spiro atoms. The van der Waals surface area contributed by atoms with Crippen molar-refractivity contribution in [2.45, 2.75) is 27.7 Å². The van der Waals surface area contributed by atoms with Crippen LogP contribution in [0.4, 0.5) is 0 Å². The number of aliphatic hydroxyl groups excluding tert-OH is 1. The minimum absolute atomic E-state index is 0.0101. The molecule has 1 N–H and O–H groups in total. The van der Waals surface area contributed by atoms with Gasteiger partial charge in [0.05, 0.1) is 19.1 Å². The molecule has 0 aromatic carbocycles. The number of aliphatic hydroxyl groups is 1. The number of hydrazone groups is 1. The molecule has 4 nitrogen and oxygen atoms in total. The van der Waals surface area contributed by atoms with Gasteiger partial charge in [-0.05, 0) is 11.8 Å². The molecule has 0 bridgehead atoms. The third-order valence-corrected chi connectivity index (χ3v) is 3.13. The van der Waals surface area contributed by atoms with Crippen molar-refractivity contribution in [3.05, 3.63) is 0 Å². The van der Waals surface area contributed by atoms with E-state index in [-0.39, 0.29) is 24.3 Å². The highest BCUT2D eigenvalue weighted by Crippen LogP contribution is 2.30. The molecule has 0 fully saturated rings. The van der Waals surface area contributed by atoms with Gasteiger partial charge >= 0.3 is 0 Å². The first-order valence-electron chi connectivity index (χ1n) is 5.95. The van der Waals surface area contributed by atoms with Gasteiger partial charge in [0, 0.05) is 12.1 Å². The standard InChI is InChI=1S/C12H22N2O2/c1-8(2)10-7-13-14(5-6-15)12(16)11(10)9(3)4/h7-11,15H,5-6H2,1-4H3. The summed E-state index contributed by atoms with van der Waals surface area (Å²) in [5.74, 6) is 0.959.